The van der Waals surface area contributed by atoms with Crippen molar-refractivity contribution in [2.24, 2.45) is 17.8 Å². The predicted molar refractivity (Wildman–Crippen MR) is 54.5 cm³/mol. The van der Waals surface area contributed by atoms with Gasteiger partial charge < -0.3 is 9.84 Å². The zero-order chi connectivity index (χ0) is 11.4. The molecule has 1 saturated heterocycles. The van der Waals surface area contributed by atoms with E-state index < -0.39 is 17.8 Å². The SMILES string of the molecule is CC(C(=O)O)C(C)C(=O)C1CCCOC1. The van der Waals surface area contributed by atoms with Gasteiger partial charge in [0.1, 0.15) is 5.78 Å². The van der Waals surface area contributed by atoms with Gasteiger partial charge in [0.15, 0.2) is 0 Å². The first-order valence-corrected chi connectivity index (χ1v) is 5.38. The summed E-state index contributed by atoms with van der Waals surface area (Å²) in [6, 6.07) is 0. The van der Waals surface area contributed by atoms with Crippen LogP contribution in [-0.2, 0) is 14.3 Å². The van der Waals surface area contributed by atoms with E-state index in [0.717, 1.165) is 12.8 Å². The molecule has 0 radical (unpaired) electrons. The summed E-state index contributed by atoms with van der Waals surface area (Å²) in [5.74, 6) is -2.01. The maximum atomic E-state index is 11.9. The standard InChI is InChI=1S/C11H18O4/c1-7(8(2)11(13)14)10(12)9-4-3-5-15-6-9/h7-9H,3-6H2,1-2H3,(H,13,14). The Morgan fingerprint density at radius 3 is 2.47 bits per heavy atom. The van der Waals surface area contributed by atoms with Gasteiger partial charge in [0.25, 0.3) is 0 Å². The lowest BCUT2D eigenvalue weighted by Crippen LogP contribution is -2.34. The molecule has 0 amide bonds. The molecule has 86 valence electrons. The van der Waals surface area contributed by atoms with Gasteiger partial charge in [-0.2, -0.15) is 0 Å². The zero-order valence-corrected chi connectivity index (χ0v) is 9.23. The number of carbonyl (C=O) groups excluding carboxylic acids is 1. The summed E-state index contributed by atoms with van der Waals surface area (Å²) in [6.45, 7) is 4.44. The third kappa shape index (κ3) is 3.02. The molecule has 0 aromatic heterocycles. The molecule has 0 aromatic rings. The summed E-state index contributed by atoms with van der Waals surface area (Å²) in [4.78, 5) is 22.6. The molecule has 0 bridgehead atoms. The van der Waals surface area contributed by atoms with Crippen LogP contribution in [0.5, 0.6) is 0 Å². The second kappa shape index (κ2) is 5.26. The number of ketones is 1. The third-order valence-electron chi connectivity index (χ3n) is 3.15. The van der Waals surface area contributed by atoms with Crippen molar-refractivity contribution in [3.8, 4) is 0 Å². The minimum absolute atomic E-state index is 0.0320. The first kappa shape index (κ1) is 12.2. The van der Waals surface area contributed by atoms with Crippen molar-refractivity contribution in [1.29, 1.82) is 0 Å². The smallest absolute Gasteiger partial charge is 0.306 e. The lowest BCUT2D eigenvalue weighted by Gasteiger charge is -2.25. The molecule has 0 saturated carbocycles. The molecule has 15 heavy (non-hydrogen) atoms. The molecule has 1 heterocycles. The van der Waals surface area contributed by atoms with Gasteiger partial charge in [-0.05, 0) is 12.8 Å². The Bertz CT molecular complexity index is 243. The van der Waals surface area contributed by atoms with Crippen molar-refractivity contribution in [1.82, 2.24) is 0 Å². The summed E-state index contributed by atoms with van der Waals surface area (Å²) in [7, 11) is 0. The normalized spacial score (nSPS) is 25.6. The van der Waals surface area contributed by atoms with Crippen LogP contribution in [0.2, 0.25) is 0 Å². The van der Waals surface area contributed by atoms with E-state index in [1.165, 1.54) is 0 Å². The number of carboxylic acids is 1. The number of carboxylic acid groups (broad SMARTS) is 1. The average molecular weight is 214 g/mol. The van der Waals surface area contributed by atoms with Crippen LogP contribution < -0.4 is 0 Å². The van der Waals surface area contributed by atoms with Crippen molar-refractivity contribution in [3.05, 3.63) is 0 Å². The average Bonchev–Trinajstić information content (AvgIpc) is 2.27. The molecule has 1 N–H and O–H groups in total. The van der Waals surface area contributed by atoms with Gasteiger partial charge >= 0.3 is 5.97 Å². The van der Waals surface area contributed by atoms with E-state index in [-0.39, 0.29) is 11.7 Å². The number of carbonyl (C=O) groups is 2. The van der Waals surface area contributed by atoms with Gasteiger partial charge in [0, 0.05) is 18.4 Å². The molecule has 3 unspecified atom stereocenters. The van der Waals surface area contributed by atoms with Crippen LogP contribution in [0.15, 0.2) is 0 Å². The summed E-state index contributed by atoms with van der Waals surface area (Å²) < 4.78 is 5.23. The molecule has 1 aliphatic heterocycles. The molecule has 1 rings (SSSR count). The molecule has 0 aromatic carbocycles. The van der Waals surface area contributed by atoms with E-state index in [2.05, 4.69) is 0 Å². The quantitative estimate of drug-likeness (QED) is 0.767. The van der Waals surface area contributed by atoms with Crippen molar-refractivity contribution >= 4 is 11.8 Å². The molecule has 1 aliphatic rings. The minimum Gasteiger partial charge on any atom is -0.481 e. The van der Waals surface area contributed by atoms with E-state index in [9.17, 15) is 9.59 Å². The van der Waals surface area contributed by atoms with Crippen LogP contribution in [0.1, 0.15) is 26.7 Å². The number of hydrogen-bond acceptors (Lipinski definition) is 3. The van der Waals surface area contributed by atoms with E-state index in [1.54, 1.807) is 13.8 Å². The minimum atomic E-state index is -0.910. The van der Waals surface area contributed by atoms with Gasteiger partial charge in [0.05, 0.1) is 12.5 Å². The molecular formula is C11H18O4. The highest BCUT2D eigenvalue weighted by molar-refractivity contribution is 5.87. The van der Waals surface area contributed by atoms with Crippen LogP contribution in [0.4, 0.5) is 0 Å². The van der Waals surface area contributed by atoms with E-state index in [0.29, 0.717) is 13.2 Å². The molecular weight excluding hydrogens is 196 g/mol. The zero-order valence-electron chi connectivity index (χ0n) is 9.23. The molecule has 3 atom stereocenters. The third-order valence-corrected chi connectivity index (χ3v) is 3.15. The van der Waals surface area contributed by atoms with Crippen LogP contribution in [0.3, 0.4) is 0 Å². The second-order valence-corrected chi connectivity index (χ2v) is 4.23. The molecule has 4 heteroatoms. The van der Waals surface area contributed by atoms with E-state index >= 15 is 0 Å². The predicted octanol–water partition coefficient (Wildman–Crippen LogP) is 1.34. The number of Topliss-reactive ketones (excluding diaryl/α,β-unsaturated/α-hetero) is 1. The van der Waals surface area contributed by atoms with Gasteiger partial charge in [-0.15, -0.1) is 0 Å². The highest BCUT2D eigenvalue weighted by Crippen LogP contribution is 2.22. The number of aliphatic carboxylic acids is 1. The topological polar surface area (TPSA) is 63.6 Å². The Morgan fingerprint density at radius 1 is 1.33 bits per heavy atom. The molecule has 4 nitrogen and oxygen atoms in total. The summed E-state index contributed by atoms with van der Waals surface area (Å²) in [6.07, 6.45) is 1.72. The molecule has 0 spiro atoms. The second-order valence-electron chi connectivity index (χ2n) is 4.23. The highest BCUT2D eigenvalue weighted by atomic mass is 16.5. The van der Waals surface area contributed by atoms with Gasteiger partial charge in [-0.25, -0.2) is 0 Å². The lowest BCUT2D eigenvalue weighted by molar-refractivity contribution is -0.147. The Labute approximate surface area is 89.6 Å². The summed E-state index contributed by atoms with van der Waals surface area (Å²) in [5.41, 5.74) is 0. The van der Waals surface area contributed by atoms with Crippen molar-refractivity contribution in [3.63, 3.8) is 0 Å². The molecule has 0 aliphatic carbocycles. The number of rotatable bonds is 4. The summed E-state index contributed by atoms with van der Waals surface area (Å²) >= 11 is 0. The Hall–Kier alpha value is -0.900. The molecule has 1 fully saturated rings. The Balaban J connectivity index is 2.54. The van der Waals surface area contributed by atoms with Gasteiger partial charge in [-0.3, -0.25) is 9.59 Å². The fourth-order valence-corrected chi connectivity index (χ4v) is 1.80. The monoisotopic (exact) mass is 214 g/mol. The first-order chi connectivity index (χ1) is 7.04. The number of hydrogen-bond donors (Lipinski definition) is 1. The largest absolute Gasteiger partial charge is 0.481 e. The van der Waals surface area contributed by atoms with Gasteiger partial charge in [-0.1, -0.05) is 13.8 Å². The first-order valence-electron chi connectivity index (χ1n) is 5.38. The number of ether oxygens (including phenoxy) is 1. The summed E-state index contributed by atoms with van der Waals surface area (Å²) in [5, 5.41) is 8.82. The highest BCUT2D eigenvalue weighted by Gasteiger charge is 2.31. The van der Waals surface area contributed by atoms with Crippen LogP contribution in [-0.4, -0.2) is 30.1 Å². The van der Waals surface area contributed by atoms with E-state index in [4.69, 9.17) is 9.84 Å². The maximum Gasteiger partial charge on any atom is 0.306 e. The Morgan fingerprint density at radius 2 is 2.00 bits per heavy atom. The van der Waals surface area contributed by atoms with Crippen LogP contribution >= 0.6 is 0 Å². The maximum absolute atomic E-state index is 11.9. The van der Waals surface area contributed by atoms with Crippen LogP contribution in [0.25, 0.3) is 0 Å². The Kier molecular flexibility index (Phi) is 4.27. The van der Waals surface area contributed by atoms with Crippen molar-refractivity contribution in [2.45, 2.75) is 26.7 Å². The van der Waals surface area contributed by atoms with Crippen LogP contribution in [0, 0.1) is 17.8 Å². The van der Waals surface area contributed by atoms with Gasteiger partial charge in [0.2, 0.25) is 0 Å². The lowest BCUT2D eigenvalue weighted by atomic mass is 9.83. The van der Waals surface area contributed by atoms with Crippen molar-refractivity contribution in [2.75, 3.05) is 13.2 Å². The van der Waals surface area contributed by atoms with Crippen molar-refractivity contribution < 1.29 is 19.4 Å². The fraction of sp³-hybridized carbons (Fsp3) is 0.818. The fourth-order valence-electron chi connectivity index (χ4n) is 1.80. The van der Waals surface area contributed by atoms with E-state index in [1.807, 2.05) is 0 Å².